The minimum absolute atomic E-state index is 0.0365. The van der Waals surface area contributed by atoms with E-state index in [2.05, 4.69) is 16.3 Å². The molecular weight excluding hydrogens is 354 g/mol. The Morgan fingerprint density at radius 2 is 1.93 bits per heavy atom. The van der Waals surface area contributed by atoms with E-state index in [4.69, 9.17) is 0 Å². The summed E-state index contributed by atoms with van der Waals surface area (Å²) >= 11 is 0. The minimum Gasteiger partial charge on any atom is -0.340 e. The Kier molecular flexibility index (Phi) is 5.44. The Morgan fingerprint density at radius 1 is 1.18 bits per heavy atom. The van der Waals surface area contributed by atoms with E-state index in [1.54, 1.807) is 34.4 Å². The molecule has 28 heavy (non-hydrogen) atoms. The van der Waals surface area contributed by atoms with E-state index in [-0.39, 0.29) is 18.2 Å². The third kappa shape index (κ3) is 4.03. The van der Waals surface area contributed by atoms with Crippen molar-refractivity contribution < 1.29 is 9.59 Å². The summed E-state index contributed by atoms with van der Waals surface area (Å²) in [5.41, 5.74) is 5.06. The first-order chi connectivity index (χ1) is 13.3. The predicted octanol–water partition coefficient (Wildman–Crippen LogP) is 2.86. The van der Waals surface area contributed by atoms with Gasteiger partial charge < -0.3 is 4.90 Å². The summed E-state index contributed by atoms with van der Waals surface area (Å²) in [6, 6.07) is 8.08. The smallest absolute Gasteiger partial charge is 0.244 e. The van der Waals surface area contributed by atoms with Crippen LogP contribution in [-0.2, 0) is 17.9 Å². The molecule has 0 spiro atoms. The Morgan fingerprint density at radius 3 is 2.57 bits per heavy atom. The molecule has 3 aromatic rings. The maximum absolute atomic E-state index is 12.6. The number of aromatic nitrogens is 4. The van der Waals surface area contributed by atoms with E-state index >= 15 is 0 Å². The summed E-state index contributed by atoms with van der Waals surface area (Å²) in [7, 11) is 1.75. The lowest BCUT2D eigenvalue weighted by Crippen LogP contribution is -2.30. The van der Waals surface area contributed by atoms with Gasteiger partial charge in [0.1, 0.15) is 6.54 Å². The molecule has 1 amide bonds. The molecule has 0 N–H and O–H groups in total. The van der Waals surface area contributed by atoms with Crippen LogP contribution in [0.25, 0.3) is 5.69 Å². The van der Waals surface area contributed by atoms with Gasteiger partial charge in [-0.1, -0.05) is 12.1 Å². The topological polar surface area (TPSA) is 73.0 Å². The molecule has 2 heterocycles. The Balaban J connectivity index is 1.68. The van der Waals surface area contributed by atoms with Crippen LogP contribution in [-0.4, -0.2) is 43.2 Å². The minimum atomic E-state index is -0.0796. The fourth-order valence-corrected chi connectivity index (χ4v) is 3.32. The summed E-state index contributed by atoms with van der Waals surface area (Å²) in [5, 5.41) is 8.74. The Bertz CT molecular complexity index is 1030. The number of rotatable bonds is 6. The lowest BCUT2D eigenvalue weighted by Gasteiger charge is -2.16. The van der Waals surface area contributed by atoms with Crippen LogP contribution in [0.3, 0.4) is 0 Å². The van der Waals surface area contributed by atoms with E-state index in [1.807, 2.05) is 38.2 Å². The highest BCUT2D eigenvalue weighted by Gasteiger charge is 2.18. The standard InChI is InChI=1S/C21H25N5O2/c1-14-7-6-8-19(9-14)26-12-18(10-22-26)11-24(5)20(28)13-25-16(3)21(17(4)27)15(2)23-25/h6-10,12H,11,13H2,1-5H3. The molecule has 0 saturated heterocycles. The van der Waals surface area contributed by atoms with Gasteiger partial charge in [-0.3, -0.25) is 14.3 Å². The lowest BCUT2D eigenvalue weighted by molar-refractivity contribution is -0.131. The van der Waals surface area contributed by atoms with Crippen LogP contribution in [0.1, 0.15) is 39.8 Å². The van der Waals surface area contributed by atoms with E-state index in [1.165, 1.54) is 6.92 Å². The summed E-state index contributed by atoms with van der Waals surface area (Å²) in [6.45, 7) is 7.70. The van der Waals surface area contributed by atoms with E-state index in [0.29, 0.717) is 17.8 Å². The lowest BCUT2D eigenvalue weighted by atomic mass is 10.1. The van der Waals surface area contributed by atoms with Crippen molar-refractivity contribution in [3.63, 3.8) is 0 Å². The van der Waals surface area contributed by atoms with Gasteiger partial charge in [-0.05, 0) is 45.4 Å². The fourth-order valence-electron chi connectivity index (χ4n) is 3.32. The van der Waals surface area contributed by atoms with Crippen molar-refractivity contribution in [1.29, 1.82) is 0 Å². The molecule has 0 bridgehead atoms. The molecule has 0 atom stereocenters. The highest BCUT2D eigenvalue weighted by Crippen LogP contribution is 2.15. The molecule has 7 heteroatoms. The summed E-state index contributed by atoms with van der Waals surface area (Å²) in [5.74, 6) is -0.116. The molecule has 0 aliphatic rings. The van der Waals surface area contributed by atoms with Crippen LogP contribution < -0.4 is 0 Å². The number of ketones is 1. The number of Topliss-reactive ketones (excluding diaryl/α,β-unsaturated/α-hetero) is 1. The summed E-state index contributed by atoms with van der Waals surface area (Å²) in [4.78, 5) is 26.0. The van der Waals surface area contributed by atoms with Crippen molar-refractivity contribution in [3.8, 4) is 5.69 Å². The number of hydrogen-bond donors (Lipinski definition) is 0. The van der Waals surface area contributed by atoms with Crippen LogP contribution in [0.15, 0.2) is 36.7 Å². The van der Waals surface area contributed by atoms with Crippen molar-refractivity contribution in [2.45, 2.75) is 40.8 Å². The largest absolute Gasteiger partial charge is 0.340 e. The van der Waals surface area contributed by atoms with E-state index in [0.717, 1.165) is 22.5 Å². The zero-order valence-electron chi connectivity index (χ0n) is 16.9. The number of benzene rings is 1. The average molecular weight is 379 g/mol. The normalized spacial score (nSPS) is 10.9. The number of likely N-dealkylation sites (N-methyl/N-ethyl adjacent to an activating group) is 1. The fraction of sp³-hybridized carbons (Fsp3) is 0.333. The van der Waals surface area contributed by atoms with Gasteiger partial charge in [0.2, 0.25) is 5.91 Å². The van der Waals surface area contributed by atoms with Crippen LogP contribution in [0, 0.1) is 20.8 Å². The second-order valence-corrected chi connectivity index (χ2v) is 7.14. The van der Waals surface area contributed by atoms with Crippen LogP contribution in [0.4, 0.5) is 0 Å². The van der Waals surface area contributed by atoms with Gasteiger partial charge in [-0.2, -0.15) is 10.2 Å². The number of amides is 1. The van der Waals surface area contributed by atoms with Crippen molar-refractivity contribution >= 4 is 11.7 Å². The van der Waals surface area contributed by atoms with Gasteiger partial charge in [0.05, 0.1) is 23.1 Å². The third-order valence-electron chi connectivity index (χ3n) is 4.77. The molecule has 1 aromatic carbocycles. The van der Waals surface area contributed by atoms with E-state index in [9.17, 15) is 9.59 Å². The van der Waals surface area contributed by atoms with Crippen LogP contribution >= 0.6 is 0 Å². The molecule has 0 aliphatic heterocycles. The molecule has 7 nitrogen and oxygen atoms in total. The first-order valence-corrected chi connectivity index (χ1v) is 9.15. The van der Waals surface area contributed by atoms with Gasteiger partial charge in [0.15, 0.2) is 5.78 Å². The SMILES string of the molecule is CC(=O)c1c(C)nn(CC(=O)N(C)Cc2cnn(-c3cccc(C)c3)c2)c1C. The predicted molar refractivity (Wildman–Crippen MR) is 106 cm³/mol. The summed E-state index contributed by atoms with van der Waals surface area (Å²) in [6.07, 6.45) is 3.69. The Hall–Kier alpha value is -3.22. The first-order valence-electron chi connectivity index (χ1n) is 9.15. The molecule has 0 saturated carbocycles. The van der Waals surface area contributed by atoms with Crippen molar-refractivity contribution in [2.24, 2.45) is 0 Å². The van der Waals surface area contributed by atoms with Gasteiger partial charge >= 0.3 is 0 Å². The van der Waals surface area contributed by atoms with Gasteiger partial charge in [-0.15, -0.1) is 0 Å². The highest BCUT2D eigenvalue weighted by atomic mass is 16.2. The van der Waals surface area contributed by atoms with Gasteiger partial charge in [-0.25, -0.2) is 4.68 Å². The first kappa shape index (κ1) is 19.5. The van der Waals surface area contributed by atoms with Crippen molar-refractivity contribution in [3.05, 3.63) is 64.7 Å². The third-order valence-corrected chi connectivity index (χ3v) is 4.77. The molecule has 0 radical (unpaired) electrons. The molecule has 146 valence electrons. The second-order valence-electron chi connectivity index (χ2n) is 7.14. The van der Waals surface area contributed by atoms with Gasteiger partial charge in [0.25, 0.3) is 0 Å². The molecule has 0 unspecified atom stereocenters. The van der Waals surface area contributed by atoms with Crippen molar-refractivity contribution in [2.75, 3.05) is 7.05 Å². The number of nitrogens with zero attached hydrogens (tertiary/aromatic N) is 5. The zero-order chi connectivity index (χ0) is 20.4. The molecule has 0 fully saturated rings. The zero-order valence-corrected chi connectivity index (χ0v) is 16.9. The number of hydrogen-bond acceptors (Lipinski definition) is 4. The second kappa shape index (κ2) is 7.80. The molecular formula is C21H25N5O2. The van der Waals surface area contributed by atoms with Crippen LogP contribution in [0.2, 0.25) is 0 Å². The molecule has 2 aromatic heterocycles. The number of carbonyl (C=O) groups excluding carboxylic acids is 2. The Labute approximate surface area is 164 Å². The average Bonchev–Trinajstić information content (AvgIpc) is 3.19. The quantitative estimate of drug-likeness (QED) is 0.618. The number of aryl methyl sites for hydroxylation is 2. The number of carbonyl (C=O) groups is 2. The van der Waals surface area contributed by atoms with Gasteiger partial charge in [0, 0.05) is 31.0 Å². The summed E-state index contributed by atoms with van der Waals surface area (Å²) < 4.78 is 3.40. The van der Waals surface area contributed by atoms with E-state index < -0.39 is 0 Å². The monoisotopic (exact) mass is 379 g/mol. The van der Waals surface area contributed by atoms with Crippen molar-refractivity contribution in [1.82, 2.24) is 24.5 Å². The van der Waals surface area contributed by atoms with Crippen LogP contribution in [0.5, 0.6) is 0 Å². The molecule has 0 aliphatic carbocycles. The maximum Gasteiger partial charge on any atom is 0.244 e. The molecule has 3 rings (SSSR count). The maximum atomic E-state index is 12.6. The highest BCUT2D eigenvalue weighted by molar-refractivity contribution is 5.96.